The number of ether oxygens (including phenoxy) is 2. The van der Waals surface area contributed by atoms with Gasteiger partial charge in [-0.1, -0.05) is 18.2 Å². The maximum Gasteiger partial charge on any atom is 0.248 e. The van der Waals surface area contributed by atoms with Gasteiger partial charge >= 0.3 is 0 Å². The molecule has 0 bridgehead atoms. The van der Waals surface area contributed by atoms with Gasteiger partial charge in [0.25, 0.3) is 0 Å². The number of fused-ring (bicyclic) bond motifs is 2. The van der Waals surface area contributed by atoms with E-state index in [1.165, 1.54) is 5.56 Å². The first-order chi connectivity index (χ1) is 11.8. The third-order valence-corrected chi connectivity index (χ3v) is 4.72. The maximum absolute atomic E-state index is 11.5. The van der Waals surface area contributed by atoms with Crippen LogP contribution < -0.4 is 20.3 Å². The predicted octanol–water partition coefficient (Wildman–Crippen LogP) is 2.70. The molecular formula is C19H22N2O3. The fraction of sp³-hybridized carbons (Fsp3) is 0.421. The molecule has 1 aliphatic carbocycles. The Balaban J connectivity index is 1.54. The molecule has 5 nitrogen and oxygen atoms in total. The fourth-order valence-electron chi connectivity index (χ4n) is 3.54. The lowest BCUT2D eigenvalue weighted by molar-refractivity contribution is 0.295. The zero-order valence-electron chi connectivity index (χ0n) is 13.6. The molecule has 1 atom stereocenters. The minimum absolute atomic E-state index is 0.0201. The Labute approximate surface area is 141 Å². The lowest BCUT2D eigenvalue weighted by atomic mass is 9.91. The minimum Gasteiger partial charge on any atom is -0.490 e. The van der Waals surface area contributed by atoms with Gasteiger partial charge in [-0.05, 0) is 30.9 Å². The number of rotatable bonds is 3. The number of aryl methyl sites for hydroxylation is 1. The topological polar surface area (TPSA) is 63.4 Å². The molecule has 0 amide bonds. The summed E-state index contributed by atoms with van der Waals surface area (Å²) in [6.07, 6.45) is 4.01. The van der Waals surface area contributed by atoms with Crippen LogP contribution in [0.5, 0.6) is 11.5 Å². The fourth-order valence-corrected chi connectivity index (χ4v) is 3.54. The highest BCUT2D eigenvalue weighted by Crippen LogP contribution is 2.34. The van der Waals surface area contributed by atoms with Crippen LogP contribution in [-0.4, -0.2) is 18.2 Å². The van der Waals surface area contributed by atoms with Gasteiger partial charge in [-0.25, -0.2) is 0 Å². The average molecular weight is 326 g/mol. The summed E-state index contributed by atoms with van der Waals surface area (Å²) in [5.74, 6) is 1.69. The van der Waals surface area contributed by atoms with Crippen molar-refractivity contribution in [1.29, 1.82) is 0 Å². The summed E-state index contributed by atoms with van der Waals surface area (Å²) in [7, 11) is 0. The molecule has 1 aromatic carbocycles. The molecule has 1 unspecified atom stereocenters. The molecule has 126 valence electrons. The van der Waals surface area contributed by atoms with Gasteiger partial charge in [0, 0.05) is 36.3 Å². The molecule has 4 rings (SSSR count). The van der Waals surface area contributed by atoms with Crippen molar-refractivity contribution in [1.82, 2.24) is 10.3 Å². The lowest BCUT2D eigenvalue weighted by Crippen LogP contribution is -2.27. The van der Waals surface area contributed by atoms with Gasteiger partial charge in [-0.3, -0.25) is 4.79 Å². The summed E-state index contributed by atoms with van der Waals surface area (Å²) in [5.41, 5.74) is 3.37. The van der Waals surface area contributed by atoms with E-state index >= 15 is 0 Å². The van der Waals surface area contributed by atoms with E-state index in [1.807, 2.05) is 18.2 Å². The smallest absolute Gasteiger partial charge is 0.248 e. The van der Waals surface area contributed by atoms with E-state index in [0.29, 0.717) is 13.2 Å². The van der Waals surface area contributed by atoms with Crippen LogP contribution in [0, 0.1) is 0 Å². The molecule has 5 heteroatoms. The van der Waals surface area contributed by atoms with Crippen LogP contribution in [0.4, 0.5) is 0 Å². The molecule has 0 radical (unpaired) electrons. The third kappa shape index (κ3) is 3.04. The van der Waals surface area contributed by atoms with Crippen molar-refractivity contribution >= 4 is 0 Å². The summed E-state index contributed by atoms with van der Waals surface area (Å²) in [4.78, 5) is 14.5. The number of aromatic amines is 1. The van der Waals surface area contributed by atoms with Crippen LogP contribution in [0.15, 0.2) is 35.1 Å². The number of pyridine rings is 1. The van der Waals surface area contributed by atoms with Crippen LogP contribution in [0.25, 0.3) is 0 Å². The van der Waals surface area contributed by atoms with Gasteiger partial charge in [0.05, 0.1) is 13.2 Å². The number of hydrogen-bond donors (Lipinski definition) is 2. The van der Waals surface area contributed by atoms with Crippen molar-refractivity contribution in [2.75, 3.05) is 13.2 Å². The first-order valence-electron chi connectivity index (χ1n) is 8.64. The molecule has 1 aliphatic heterocycles. The highest BCUT2D eigenvalue weighted by Gasteiger charge is 2.21. The SMILES string of the molecule is O=c1ccc2c([nH]1)CCCC2NCc1cccc2c1OCCCO2. The van der Waals surface area contributed by atoms with Crippen LogP contribution in [0.1, 0.15) is 42.1 Å². The highest BCUT2D eigenvalue weighted by atomic mass is 16.5. The van der Waals surface area contributed by atoms with E-state index < -0.39 is 0 Å². The molecule has 24 heavy (non-hydrogen) atoms. The Kier molecular flexibility index (Phi) is 4.26. The van der Waals surface area contributed by atoms with Crippen molar-refractivity contribution in [3.05, 3.63) is 57.5 Å². The normalized spacial score (nSPS) is 19.4. The summed E-state index contributed by atoms with van der Waals surface area (Å²) in [6.45, 7) is 2.11. The van der Waals surface area contributed by atoms with Crippen molar-refractivity contribution in [3.63, 3.8) is 0 Å². The second kappa shape index (κ2) is 6.69. The molecular weight excluding hydrogens is 304 g/mol. The van der Waals surface area contributed by atoms with Gasteiger partial charge in [0.15, 0.2) is 11.5 Å². The zero-order valence-corrected chi connectivity index (χ0v) is 13.6. The first-order valence-corrected chi connectivity index (χ1v) is 8.64. The second-order valence-electron chi connectivity index (χ2n) is 6.38. The number of para-hydroxylation sites is 1. The lowest BCUT2D eigenvalue weighted by Gasteiger charge is -2.26. The van der Waals surface area contributed by atoms with Crippen molar-refractivity contribution in [3.8, 4) is 11.5 Å². The summed E-state index contributed by atoms with van der Waals surface area (Å²) in [6, 6.07) is 9.88. The largest absolute Gasteiger partial charge is 0.490 e. The highest BCUT2D eigenvalue weighted by molar-refractivity contribution is 5.47. The number of nitrogens with one attached hydrogen (secondary N) is 2. The Morgan fingerprint density at radius 2 is 2.04 bits per heavy atom. The standard InChI is InChI=1S/C19H22N2O3/c22-18-9-8-14-15(5-2-6-16(14)21-18)20-12-13-4-1-7-17-19(13)24-11-3-10-23-17/h1,4,7-9,15,20H,2-3,5-6,10-12H2,(H,21,22). The van der Waals surface area contributed by atoms with E-state index in [4.69, 9.17) is 9.47 Å². The van der Waals surface area contributed by atoms with E-state index in [9.17, 15) is 4.79 Å². The van der Waals surface area contributed by atoms with E-state index in [1.54, 1.807) is 6.07 Å². The molecule has 2 aromatic rings. The summed E-state index contributed by atoms with van der Waals surface area (Å²) < 4.78 is 11.7. The molecule has 2 heterocycles. The Bertz CT molecular complexity index is 784. The third-order valence-electron chi connectivity index (χ3n) is 4.72. The predicted molar refractivity (Wildman–Crippen MR) is 91.6 cm³/mol. The van der Waals surface area contributed by atoms with Crippen LogP contribution in [-0.2, 0) is 13.0 Å². The monoisotopic (exact) mass is 326 g/mol. The molecule has 0 fully saturated rings. The van der Waals surface area contributed by atoms with E-state index in [-0.39, 0.29) is 11.6 Å². The first kappa shape index (κ1) is 15.3. The van der Waals surface area contributed by atoms with Crippen molar-refractivity contribution < 1.29 is 9.47 Å². The van der Waals surface area contributed by atoms with Gasteiger partial charge in [0.2, 0.25) is 5.56 Å². The summed E-state index contributed by atoms with van der Waals surface area (Å²) in [5, 5.41) is 3.63. The Morgan fingerprint density at radius 1 is 1.12 bits per heavy atom. The second-order valence-corrected chi connectivity index (χ2v) is 6.38. The molecule has 0 saturated carbocycles. The number of H-pyrrole nitrogens is 1. The molecule has 0 saturated heterocycles. The molecule has 1 aromatic heterocycles. The van der Waals surface area contributed by atoms with Crippen molar-refractivity contribution in [2.24, 2.45) is 0 Å². The number of benzene rings is 1. The molecule has 0 spiro atoms. The van der Waals surface area contributed by atoms with Gasteiger partial charge in [0.1, 0.15) is 0 Å². The van der Waals surface area contributed by atoms with Crippen molar-refractivity contribution in [2.45, 2.75) is 38.3 Å². The van der Waals surface area contributed by atoms with Crippen LogP contribution in [0.2, 0.25) is 0 Å². The number of aromatic nitrogens is 1. The van der Waals surface area contributed by atoms with E-state index in [2.05, 4.69) is 16.4 Å². The Hall–Kier alpha value is -2.27. The molecule has 2 aliphatic rings. The summed E-state index contributed by atoms with van der Waals surface area (Å²) >= 11 is 0. The van der Waals surface area contributed by atoms with Crippen LogP contribution in [0.3, 0.4) is 0 Å². The molecule has 2 N–H and O–H groups in total. The number of hydrogen-bond acceptors (Lipinski definition) is 4. The van der Waals surface area contributed by atoms with Gasteiger partial charge in [-0.15, -0.1) is 0 Å². The van der Waals surface area contributed by atoms with Gasteiger partial charge in [-0.2, -0.15) is 0 Å². The minimum atomic E-state index is -0.0201. The van der Waals surface area contributed by atoms with E-state index in [0.717, 1.165) is 55.0 Å². The maximum atomic E-state index is 11.5. The zero-order chi connectivity index (χ0) is 16.4. The van der Waals surface area contributed by atoms with Gasteiger partial charge < -0.3 is 19.8 Å². The average Bonchev–Trinajstić information content (AvgIpc) is 2.85. The Morgan fingerprint density at radius 3 is 3.00 bits per heavy atom. The van der Waals surface area contributed by atoms with Crippen LogP contribution >= 0.6 is 0 Å². The quantitative estimate of drug-likeness (QED) is 0.910.